The first kappa shape index (κ1) is 23.9. The van der Waals surface area contributed by atoms with E-state index in [-0.39, 0.29) is 29.9 Å². The minimum atomic E-state index is -0.223. The highest BCUT2D eigenvalue weighted by Crippen LogP contribution is 2.41. The van der Waals surface area contributed by atoms with Crippen molar-refractivity contribution in [3.63, 3.8) is 0 Å². The van der Waals surface area contributed by atoms with E-state index >= 15 is 0 Å². The summed E-state index contributed by atoms with van der Waals surface area (Å²) in [6.07, 6.45) is 0. The molecule has 0 saturated carbocycles. The van der Waals surface area contributed by atoms with E-state index in [9.17, 15) is 4.11 Å². The summed E-state index contributed by atoms with van der Waals surface area (Å²) in [6, 6.07) is 56.4. The van der Waals surface area contributed by atoms with Gasteiger partial charge in [0.15, 0.2) is 0 Å². The molecule has 0 spiro atoms. The Morgan fingerprint density at radius 3 is 1.92 bits per heavy atom. The van der Waals surface area contributed by atoms with Crippen LogP contribution >= 0.6 is 0 Å². The first-order valence-electron chi connectivity index (χ1n) is 18.1. The maximum absolute atomic E-state index is 9.82. The lowest BCUT2D eigenvalue weighted by molar-refractivity contribution is 1.18. The van der Waals surface area contributed by atoms with Crippen molar-refractivity contribution < 1.29 is 5.48 Å². The molecule has 1 heterocycles. The highest BCUT2D eigenvalue weighted by Gasteiger charge is 2.17. The molecule has 0 unspecified atom stereocenters. The van der Waals surface area contributed by atoms with Gasteiger partial charge in [-0.2, -0.15) is 0 Å². The Morgan fingerprint density at radius 2 is 1.08 bits per heavy atom. The van der Waals surface area contributed by atoms with Gasteiger partial charge in [0.2, 0.25) is 0 Å². The number of benzene rings is 8. The van der Waals surface area contributed by atoms with Crippen molar-refractivity contribution in [2.24, 2.45) is 0 Å². The van der Waals surface area contributed by atoms with E-state index in [4.69, 9.17) is 1.37 Å². The summed E-state index contributed by atoms with van der Waals surface area (Å²) in [5.41, 5.74) is 8.02. The summed E-state index contributed by atoms with van der Waals surface area (Å²) >= 11 is 0. The maximum Gasteiger partial charge on any atom is 0.0651 e. The Hall–Kier alpha value is -6.38. The molecule has 0 aliphatic rings. The number of para-hydroxylation sites is 2. The van der Waals surface area contributed by atoms with Gasteiger partial charge in [-0.3, -0.25) is 0 Å². The van der Waals surface area contributed by atoms with E-state index in [1.807, 2.05) is 138 Å². The largest absolute Gasteiger partial charge is 0.310 e. The first-order chi connectivity index (χ1) is 25.5. The van der Waals surface area contributed by atoms with E-state index in [1.54, 1.807) is 0 Å². The van der Waals surface area contributed by atoms with Crippen molar-refractivity contribution in [3.8, 4) is 27.9 Å². The van der Waals surface area contributed by atoms with Crippen LogP contribution in [-0.2, 0) is 0 Å². The van der Waals surface area contributed by atoms with Crippen LogP contribution in [0.5, 0.6) is 0 Å². The standard InChI is InChI=1S/C46H32N2/c1-3-13-33(14-4-1)34-25-28-39(29-26-34)47(44-24-12-16-35-15-7-8-21-41(35)44)40-20-11-17-36(31-40)37-27-30-46-43(32-37)42-22-9-10-23-45(42)48(46)38-18-5-2-6-19-38/h1-32H/i11D,17D,20D,31D. The lowest BCUT2D eigenvalue weighted by Gasteiger charge is -2.27. The second-order valence-electron chi connectivity index (χ2n) is 11.9. The smallest absolute Gasteiger partial charge is 0.0651 e. The molecule has 8 aromatic carbocycles. The van der Waals surface area contributed by atoms with Crippen LogP contribution in [-0.4, -0.2) is 4.57 Å². The maximum atomic E-state index is 9.82. The van der Waals surface area contributed by atoms with E-state index in [1.165, 1.54) is 0 Å². The average Bonchev–Trinajstić information content (AvgIpc) is 3.53. The molecule has 0 bridgehead atoms. The lowest BCUT2D eigenvalue weighted by Crippen LogP contribution is -2.10. The van der Waals surface area contributed by atoms with Gasteiger partial charge in [0, 0.05) is 33.2 Å². The normalized spacial score (nSPS) is 12.5. The minimum absolute atomic E-state index is 0.0252. The molecule has 1 aromatic heterocycles. The zero-order valence-electron chi connectivity index (χ0n) is 30.1. The summed E-state index contributed by atoms with van der Waals surface area (Å²) in [6.45, 7) is 0. The van der Waals surface area contributed by atoms with E-state index in [2.05, 4.69) is 41.0 Å². The molecule has 0 N–H and O–H groups in total. The average molecular weight is 617 g/mol. The van der Waals surface area contributed by atoms with Gasteiger partial charge in [0.1, 0.15) is 0 Å². The molecule has 0 saturated heterocycles. The molecule has 2 nitrogen and oxygen atoms in total. The molecular weight excluding hydrogens is 581 g/mol. The van der Waals surface area contributed by atoms with Crippen molar-refractivity contribution >= 4 is 49.6 Å². The van der Waals surface area contributed by atoms with E-state index in [0.717, 1.165) is 60.8 Å². The van der Waals surface area contributed by atoms with Crippen molar-refractivity contribution in [2.75, 3.05) is 4.90 Å². The second-order valence-corrected chi connectivity index (χ2v) is 11.9. The fourth-order valence-corrected chi connectivity index (χ4v) is 6.80. The molecule has 0 aliphatic heterocycles. The Morgan fingerprint density at radius 1 is 0.438 bits per heavy atom. The molecule has 0 radical (unpaired) electrons. The topological polar surface area (TPSA) is 8.17 Å². The third-order valence-corrected chi connectivity index (χ3v) is 9.05. The van der Waals surface area contributed by atoms with Crippen LogP contribution in [0.4, 0.5) is 17.1 Å². The van der Waals surface area contributed by atoms with Gasteiger partial charge in [-0.05, 0) is 88.3 Å². The van der Waals surface area contributed by atoms with Gasteiger partial charge in [-0.25, -0.2) is 0 Å². The van der Waals surface area contributed by atoms with E-state index in [0.29, 0.717) is 11.1 Å². The number of rotatable bonds is 6. The third-order valence-electron chi connectivity index (χ3n) is 9.05. The van der Waals surface area contributed by atoms with Crippen LogP contribution in [0.25, 0.3) is 60.5 Å². The zero-order valence-corrected chi connectivity index (χ0v) is 26.1. The van der Waals surface area contributed by atoms with Crippen LogP contribution in [0, 0.1) is 0 Å². The molecule has 2 heteroatoms. The second kappa shape index (κ2) is 11.8. The van der Waals surface area contributed by atoms with Gasteiger partial charge in [0.05, 0.1) is 22.2 Å². The van der Waals surface area contributed by atoms with Crippen LogP contribution in [0.3, 0.4) is 0 Å². The number of fused-ring (bicyclic) bond motifs is 4. The highest BCUT2D eigenvalue weighted by atomic mass is 15.1. The molecule has 0 atom stereocenters. The van der Waals surface area contributed by atoms with Crippen LogP contribution in [0.15, 0.2) is 194 Å². The number of nitrogens with zero attached hydrogens (tertiary/aromatic N) is 2. The zero-order chi connectivity index (χ0) is 35.3. The molecule has 9 rings (SSSR count). The summed E-state index contributed by atoms with van der Waals surface area (Å²) in [7, 11) is 0. The Kier molecular flexibility index (Phi) is 5.85. The number of aromatic nitrogens is 1. The number of anilines is 3. The number of hydrogen-bond acceptors (Lipinski definition) is 1. The van der Waals surface area contributed by atoms with Gasteiger partial charge in [-0.1, -0.05) is 133 Å². The van der Waals surface area contributed by atoms with Crippen LogP contribution in [0.2, 0.25) is 0 Å². The van der Waals surface area contributed by atoms with Gasteiger partial charge in [-0.15, -0.1) is 0 Å². The minimum Gasteiger partial charge on any atom is -0.310 e. The fraction of sp³-hybridized carbons (Fsp3) is 0. The van der Waals surface area contributed by atoms with E-state index < -0.39 is 0 Å². The number of hydrogen-bond donors (Lipinski definition) is 0. The van der Waals surface area contributed by atoms with Crippen molar-refractivity contribution in [1.29, 1.82) is 0 Å². The predicted molar refractivity (Wildman–Crippen MR) is 204 cm³/mol. The molecule has 9 aromatic rings. The summed E-state index contributed by atoms with van der Waals surface area (Å²) in [4.78, 5) is 1.92. The molecule has 226 valence electrons. The van der Waals surface area contributed by atoms with Crippen molar-refractivity contribution in [3.05, 3.63) is 194 Å². The molecular formula is C46H32N2. The van der Waals surface area contributed by atoms with Crippen molar-refractivity contribution in [1.82, 2.24) is 4.57 Å². The summed E-state index contributed by atoms with van der Waals surface area (Å²) in [5, 5.41) is 4.02. The highest BCUT2D eigenvalue weighted by molar-refractivity contribution is 6.10. The van der Waals surface area contributed by atoms with Crippen molar-refractivity contribution in [2.45, 2.75) is 0 Å². The SMILES string of the molecule is [2H]c1c([2H])c(-c2ccc3c(c2)c2ccccc2n3-c2ccccc2)c([2H])c(N(c2ccc(-c3ccccc3)cc2)c2cccc3ccccc23)c1[2H]. The van der Waals surface area contributed by atoms with Gasteiger partial charge < -0.3 is 9.47 Å². The Balaban J connectivity index is 1.29. The first-order valence-corrected chi connectivity index (χ1v) is 16.1. The van der Waals surface area contributed by atoms with Gasteiger partial charge >= 0.3 is 0 Å². The summed E-state index contributed by atoms with van der Waals surface area (Å²) in [5.74, 6) is 0. The van der Waals surface area contributed by atoms with Gasteiger partial charge in [0.25, 0.3) is 0 Å². The molecule has 48 heavy (non-hydrogen) atoms. The lowest BCUT2D eigenvalue weighted by atomic mass is 10.0. The molecule has 0 aliphatic carbocycles. The Bertz CT molecular complexity index is 2770. The molecule has 0 fully saturated rings. The molecule has 0 amide bonds. The Labute approximate surface area is 286 Å². The summed E-state index contributed by atoms with van der Waals surface area (Å²) < 4.78 is 39.7. The van der Waals surface area contributed by atoms with Crippen LogP contribution < -0.4 is 4.90 Å². The monoisotopic (exact) mass is 616 g/mol. The predicted octanol–water partition coefficient (Wildman–Crippen LogP) is 12.7. The van der Waals surface area contributed by atoms with Crippen LogP contribution in [0.1, 0.15) is 5.48 Å². The quantitative estimate of drug-likeness (QED) is 0.180. The third kappa shape index (κ3) is 4.83. The fourth-order valence-electron chi connectivity index (χ4n) is 6.80.